The molecule has 4 heteroatoms. The van der Waals surface area contributed by atoms with E-state index in [1.807, 2.05) is 0 Å². The number of hydrogen-bond acceptors (Lipinski definition) is 3. The first kappa shape index (κ1) is 10.8. The summed E-state index contributed by atoms with van der Waals surface area (Å²) in [6.45, 7) is 2.18. The molecule has 0 saturated carbocycles. The monoisotopic (exact) mass is 195 g/mol. The minimum Gasteiger partial charge on any atom is -0.385 e. The van der Waals surface area contributed by atoms with Gasteiger partial charge < -0.3 is 5.73 Å². The number of unbranched alkanes of at least 4 members (excludes halogenated alkanes) is 3. The van der Waals surface area contributed by atoms with Crippen molar-refractivity contribution in [2.45, 2.75) is 39.0 Å². The average molecular weight is 195 g/mol. The Balaban J connectivity index is 2.46. The van der Waals surface area contributed by atoms with Crippen molar-refractivity contribution in [3.05, 3.63) is 22.2 Å². The van der Waals surface area contributed by atoms with E-state index in [0.29, 0.717) is 5.82 Å². The highest BCUT2D eigenvalue weighted by atomic mass is 16.1. The number of H-pyrrole nitrogens is 1. The van der Waals surface area contributed by atoms with Crippen LogP contribution >= 0.6 is 0 Å². The number of rotatable bonds is 5. The van der Waals surface area contributed by atoms with E-state index in [1.54, 1.807) is 6.20 Å². The van der Waals surface area contributed by atoms with Crippen LogP contribution in [0.1, 0.15) is 38.2 Å². The number of nitrogen functional groups attached to an aromatic ring is 1. The molecule has 0 spiro atoms. The Labute approximate surface area is 83.6 Å². The molecule has 0 saturated heterocycles. The molecule has 14 heavy (non-hydrogen) atoms. The van der Waals surface area contributed by atoms with Crippen LogP contribution in [0.15, 0.2) is 11.0 Å². The van der Waals surface area contributed by atoms with Gasteiger partial charge in [-0.05, 0) is 12.8 Å². The maximum atomic E-state index is 10.8. The highest BCUT2D eigenvalue weighted by molar-refractivity contribution is 5.36. The standard InChI is InChI=1S/C10H17N3O/c1-2-3-4-5-6-8-7-12-10(14)13-9(8)11/h7H,2-6H2,1H3,(H3,11,12,13,14). The second-order valence-corrected chi connectivity index (χ2v) is 3.44. The van der Waals surface area contributed by atoms with Crippen LogP contribution in [0.5, 0.6) is 0 Å². The largest absolute Gasteiger partial charge is 0.385 e. The summed E-state index contributed by atoms with van der Waals surface area (Å²) >= 11 is 0. The number of nitrogens with one attached hydrogen (secondary N) is 1. The van der Waals surface area contributed by atoms with Gasteiger partial charge in [-0.25, -0.2) is 9.78 Å². The first-order chi connectivity index (χ1) is 6.74. The number of aromatic amines is 1. The smallest absolute Gasteiger partial charge is 0.346 e. The zero-order chi connectivity index (χ0) is 10.4. The maximum absolute atomic E-state index is 10.8. The molecular weight excluding hydrogens is 178 g/mol. The second kappa shape index (κ2) is 5.42. The van der Waals surface area contributed by atoms with Crippen LogP contribution in [0, 0.1) is 0 Å². The topological polar surface area (TPSA) is 71.8 Å². The Morgan fingerprint density at radius 1 is 1.43 bits per heavy atom. The van der Waals surface area contributed by atoms with Gasteiger partial charge in [0.2, 0.25) is 0 Å². The van der Waals surface area contributed by atoms with Gasteiger partial charge in [0.1, 0.15) is 5.82 Å². The number of nitrogens with two attached hydrogens (primary N) is 1. The van der Waals surface area contributed by atoms with Crippen LogP contribution in [0.3, 0.4) is 0 Å². The van der Waals surface area contributed by atoms with Crippen LogP contribution < -0.4 is 11.4 Å². The van der Waals surface area contributed by atoms with Gasteiger partial charge in [0.05, 0.1) is 0 Å². The second-order valence-electron chi connectivity index (χ2n) is 3.44. The molecule has 1 heterocycles. The Kier molecular flexibility index (Phi) is 4.16. The van der Waals surface area contributed by atoms with Gasteiger partial charge in [-0.1, -0.05) is 26.2 Å². The summed E-state index contributed by atoms with van der Waals surface area (Å²) in [4.78, 5) is 16.9. The Hall–Kier alpha value is -1.32. The van der Waals surface area contributed by atoms with Gasteiger partial charge in [0.25, 0.3) is 0 Å². The molecule has 0 amide bonds. The van der Waals surface area contributed by atoms with Gasteiger partial charge in [-0.3, -0.25) is 4.98 Å². The molecule has 1 rings (SSSR count). The van der Waals surface area contributed by atoms with Crippen LogP contribution in [0.4, 0.5) is 5.82 Å². The van der Waals surface area contributed by atoms with Crippen LogP contribution in [-0.4, -0.2) is 9.97 Å². The van der Waals surface area contributed by atoms with Crippen molar-refractivity contribution in [3.63, 3.8) is 0 Å². The molecule has 0 fully saturated rings. The van der Waals surface area contributed by atoms with Crippen LogP contribution in [0.25, 0.3) is 0 Å². The van der Waals surface area contributed by atoms with Crippen molar-refractivity contribution < 1.29 is 0 Å². The summed E-state index contributed by atoms with van der Waals surface area (Å²) in [6.07, 6.45) is 7.24. The molecule has 4 nitrogen and oxygen atoms in total. The van der Waals surface area contributed by atoms with E-state index in [2.05, 4.69) is 16.9 Å². The summed E-state index contributed by atoms with van der Waals surface area (Å²) in [7, 11) is 0. The molecule has 0 bridgehead atoms. The minimum absolute atomic E-state index is 0.375. The third-order valence-corrected chi connectivity index (χ3v) is 2.22. The number of nitrogens with zero attached hydrogens (tertiary/aromatic N) is 1. The molecule has 78 valence electrons. The predicted octanol–water partition coefficient (Wildman–Crippen LogP) is 1.47. The Morgan fingerprint density at radius 3 is 2.86 bits per heavy atom. The van der Waals surface area contributed by atoms with E-state index in [0.717, 1.165) is 18.4 Å². The molecule has 0 aliphatic heterocycles. The minimum atomic E-state index is -0.375. The molecular formula is C10H17N3O. The average Bonchev–Trinajstić information content (AvgIpc) is 2.15. The molecule has 3 N–H and O–H groups in total. The third-order valence-electron chi connectivity index (χ3n) is 2.22. The fourth-order valence-electron chi connectivity index (χ4n) is 1.38. The molecule has 0 radical (unpaired) electrons. The third kappa shape index (κ3) is 3.20. The fraction of sp³-hybridized carbons (Fsp3) is 0.600. The van der Waals surface area contributed by atoms with Gasteiger partial charge in [0.15, 0.2) is 0 Å². The molecule has 0 aliphatic carbocycles. The number of aryl methyl sites for hydroxylation is 1. The van der Waals surface area contributed by atoms with Gasteiger partial charge in [-0.2, -0.15) is 0 Å². The summed E-state index contributed by atoms with van der Waals surface area (Å²) in [6, 6.07) is 0. The highest BCUT2D eigenvalue weighted by Gasteiger charge is 2.00. The van der Waals surface area contributed by atoms with Gasteiger partial charge >= 0.3 is 5.69 Å². The molecule has 0 aromatic carbocycles. The van der Waals surface area contributed by atoms with E-state index in [1.165, 1.54) is 19.3 Å². The zero-order valence-corrected chi connectivity index (χ0v) is 8.55. The number of anilines is 1. The molecule has 1 aromatic heterocycles. The van der Waals surface area contributed by atoms with Crippen molar-refractivity contribution in [2.24, 2.45) is 0 Å². The van der Waals surface area contributed by atoms with E-state index >= 15 is 0 Å². The van der Waals surface area contributed by atoms with Crippen LogP contribution in [0.2, 0.25) is 0 Å². The summed E-state index contributed by atoms with van der Waals surface area (Å²) in [5.74, 6) is 0.460. The summed E-state index contributed by atoms with van der Waals surface area (Å²) in [5, 5.41) is 0. The van der Waals surface area contributed by atoms with Gasteiger partial charge in [0, 0.05) is 11.8 Å². The zero-order valence-electron chi connectivity index (χ0n) is 8.55. The lowest BCUT2D eigenvalue weighted by Crippen LogP contribution is -2.13. The molecule has 0 atom stereocenters. The molecule has 1 aromatic rings. The number of hydrogen-bond donors (Lipinski definition) is 2. The molecule has 0 aliphatic rings. The number of aromatic nitrogens is 2. The van der Waals surface area contributed by atoms with E-state index in [4.69, 9.17) is 5.73 Å². The van der Waals surface area contributed by atoms with Gasteiger partial charge in [-0.15, -0.1) is 0 Å². The summed E-state index contributed by atoms with van der Waals surface area (Å²) in [5.41, 5.74) is 6.21. The summed E-state index contributed by atoms with van der Waals surface area (Å²) < 4.78 is 0. The van der Waals surface area contributed by atoms with Crippen molar-refractivity contribution in [1.82, 2.24) is 9.97 Å². The SMILES string of the molecule is CCCCCCc1cnc(=O)[nH]c1N. The van der Waals surface area contributed by atoms with E-state index in [-0.39, 0.29) is 5.69 Å². The lowest BCUT2D eigenvalue weighted by atomic mass is 10.1. The highest BCUT2D eigenvalue weighted by Crippen LogP contribution is 2.09. The lowest BCUT2D eigenvalue weighted by Gasteiger charge is -2.03. The fourth-order valence-corrected chi connectivity index (χ4v) is 1.38. The van der Waals surface area contributed by atoms with E-state index in [9.17, 15) is 4.79 Å². The Morgan fingerprint density at radius 2 is 2.21 bits per heavy atom. The lowest BCUT2D eigenvalue weighted by molar-refractivity contribution is 0.665. The maximum Gasteiger partial charge on any atom is 0.346 e. The normalized spacial score (nSPS) is 10.4. The predicted molar refractivity (Wildman–Crippen MR) is 57.1 cm³/mol. The van der Waals surface area contributed by atoms with Crippen molar-refractivity contribution in [3.8, 4) is 0 Å². The van der Waals surface area contributed by atoms with Crippen LogP contribution in [-0.2, 0) is 6.42 Å². The van der Waals surface area contributed by atoms with E-state index < -0.39 is 0 Å². The first-order valence-corrected chi connectivity index (χ1v) is 5.07. The Bertz CT molecular complexity index is 332. The van der Waals surface area contributed by atoms with Crippen molar-refractivity contribution >= 4 is 5.82 Å². The molecule has 0 unspecified atom stereocenters. The quantitative estimate of drug-likeness (QED) is 0.699. The first-order valence-electron chi connectivity index (χ1n) is 5.07. The van der Waals surface area contributed by atoms with Crippen molar-refractivity contribution in [1.29, 1.82) is 0 Å². The van der Waals surface area contributed by atoms with Crippen molar-refractivity contribution in [2.75, 3.05) is 5.73 Å².